The summed E-state index contributed by atoms with van der Waals surface area (Å²) in [6.07, 6.45) is 3.37. The molecule has 4 saturated heterocycles. The zero-order chi connectivity index (χ0) is 11.0. The van der Waals surface area contributed by atoms with Crippen molar-refractivity contribution in [3.8, 4) is 0 Å². The van der Waals surface area contributed by atoms with Crippen LogP contribution in [0.5, 0.6) is 0 Å². The standard InChI is InChI=1S/C12H21FN2O/c13-12-10(2-1-7-16-12)14-11-8-15-5-3-9(11)4-6-15/h9-12,14H,1-8H2. The normalized spacial score (nSPS) is 48.2. The van der Waals surface area contributed by atoms with Crippen LogP contribution in [0.2, 0.25) is 0 Å². The first-order chi connectivity index (χ1) is 7.83. The molecule has 4 aliphatic rings. The lowest BCUT2D eigenvalue weighted by Gasteiger charge is -2.46. The molecule has 0 aliphatic carbocycles. The third-order valence-corrected chi connectivity index (χ3v) is 4.34. The minimum atomic E-state index is -1.09. The molecule has 1 N–H and O–H groups in total. The molecular formula is C12H21FN2O. The maximum Gasteiger partial charge on any atom is 0.214 e. The topological polar surface area (TPSA) is 24.5 Å². The summed E-state index contributed by atoms with van der Waals surface area (Å²) >= 11 is 0. The Morgan fingerprint density at radius 3 is 2.56 bits per heavy atom. The fourth-order valence-electron chi connectivity index (χ4n) is 3.33. The van der Waals surface area contributed by atoms with Gasteiger partial charge in [-0.1, -0.05) is 0 Å². The maximum atomic E-state index is 13.5. The minimum Gasteiger partial charge on any atom is -0.347 e. The molecule has 0 amide bonds. The van der Waals surface area contributed by atoms with E-state index in [0.29, 0.717) is 12.6 Å². The number of piperidine rings is 3. The van der Waals surface area contributed by atoms with E-state index >= 15 is 0 Å². The molecule has 0 radical (unpaired) electrons. The van der Waals surface area contributed by atoms with E-state index in [1.54, 1.807) is 0 Å². The highest BCUT2D eigenvalue weighted by atomic mass is 19.1. The quantitative estimate of drug-likeness (QED) is 0.767. The van der Waals surface area contributed by atoms with Crippen molar-refractivity contribution in [1.82, 2.24) is 10.2 Å². The Balaban J connectivity index is 1.57. The van der Waals surface area contributed by atoms with Gasteiger partial charge < -0.3 is 15.0 Å². The van der Waals surface area contributed by atoms with Crippen molar-refractivity contribution in [2.24, 2.45) is 5.92 Å². The summed E-state index contributed by atoms with van der Waals surface area (Å²) in [5, 5.41) is 3.50. The number of ether oxygens (including phenoxy) is 1. The molecule has 4 fully saturated rings. The molecule has 3 atom stereocenters. The van der Waals surface area contributed by atoms with E-state index in [4.69, 9.17) is 4.74 Å². The maximum absolute atomic E-state index is 13.5. The number of hydrogen-bond acceptors (Lipinski definition) is 3. The number of hydrogen-bond donors (Lipinski definition) is 1. The van der Waals surface area contributed by atoms with Gasteiger partial charge in [-0.25, -0.2) is 4.39 Å². The van der Waals surface area contributed by atoms with Gasteiger partial charge in [0.1, 0.15) is 0 Å². The van der Waals surface area contributed by atoms with Crippen LogP contribution in [0.3, 0.4) is 0 Å². The van der Waals surface area contributed by atoms with Crippen LogP contribution in [0.1, 0.15) is 25.7 Å². The summed E-state index contributed by atoms with van der Waals surface area (Å²) in [6.45, 7) is 4.17. The Labute approximate surface area is 96.3 Å². The average Bonchev–Trinajstić information content (AvgIpc) is 2.34. The van der Waals surface area contributed by atoms with Crippen LogP contribution in [-0.4, -0.2) is 49.6 Å². The summed E-state index contributed by atoms with van der Waals surface area (Å²) in [4.78, 5) is 2.49. The zero-order valence-corrected chi connectivity index (χ0v) is 9.70. The molecule has 4 heteroatoms. The number of nitrogens with one attached hydrogen (secondary N) is 1. The van der Waals surface area contributed by atoms with Crippen LogP contribution >= 0.6 is 0 Å². The number of halogens is 1. The van der Waals surface area contributed by atoms with Crippen LogP contribution in [-0.2, 0) is 4.74 Å². The van der Waals surface area contributed by atoms with Gasteiger partial charge in [0.25, 0.3) is 0 Å². The predicted molar refractivity (Wildman–Crippen MR) is 60.0 cm³/mol. The van der Waals surface area contributed by atoms with Crippen molar-refractivity contribution in [1.29, 1.82) is 0 Å². The fourth-order valence-corrected chi connectivity index (χ4v) is 3.33. The third kappa shape index (κ3) is 2.11. The van der Waals surface area contributed by atoms with Gasteiger partial charge in [0, 0.05) is 12.6 Å². The molecule has 3 nitrogen and oxygen atoms in total. The van der Waals surface area contributed by atoms with Gasteiger partial charge in [-0.2, -0.15) is 0 Å². The van der Waals surface area contributed by atoms with E-state index in [2.05, 4.69) is 10.2 Å². The first kappa shape index (κ1) is 10.9. The minimum absolute atomic E-state index is 0.0701. The van der Waals surface area contributed by atoms with E-state index in [9.17, 15) is 4.39 Å². The van der Waals surface area contributed by atoms with E-state index in [1.165, 1.54) is 25.9 Å². The van der Waals surface area contributed by atoms with Gasteiger partial charge in [-0.15, -0.1) is 0 Å². The lowest BCUT2D eigenvalue weighted by molar-refractivity contribution is -0.0965. The summed E-state index contributed by atoms with van der Waals surface area (Å²) in [5.74, 6) is 0.763. The molecular weight excluding hydrogens is 207 g/mol. The van der Waals surface area contributed by atoms with Gasteiger partial charge in [0.05, 0.1) is 12.6 Å². The van der Waals surface area contributed by atoms with Gasteiger partial charge >= 0.3 is 0 Å². The van der Waals surface area contributed by atoms with Gasteiger partial charge in [-0.05, 0) is 44.7 Å². The molecule has 4 heterocycles. The Hall–Kier alpha value is -0.190. The van der Waals surface area contributed by atoms with Crippen molar-refractivity contribution in [3.05, 3.63) is 0 Å². The smallest absolute Gasteiger partial charge is 0.214 e. The summed E-state index contributed by atoms with van der Waals surface area (Å²) < 4.78 is 18.6. The highest BCUT2D eigenvalue weighted by molar-refractivity contribution is 4.93. The fraction of sp³-hybridized carbons (Fsp3) is 1.00. The second kappa shape index (κ2) is 4.59. The second-order valence-electron chi connectivity index (χ2n) is 5.38. The van der Waals surface area contributed by atoms with Gasteiger partial charge in [-0.3, -0.25) is 0 Å². The average molecular weight is 228 g/mol. The molecule has 4 rings (SSSR count). The van der Waals surface area contributed by atoms with Gasteiger partial charge in [0.15, 0.2) is 0 Å². The Bertz CT molecular complexity index is 243. The number of alkyl halides is 1. The molecule has 16 heavy (non-hydrogen) atoms. The zero-order valence-electron chi connectivity index (χ0n) is 9.70. The van der Waals surface area contributed by atoms with Crippen LogP contribution in [0.4, 0.5) is 4.39 Å². The molecule has 3 unspecified atom stereocenters. The first-order valence-electron chi connectivity index (χ1n) is 6.57. The lowest BCUT2D eigenvalue weighted by Crippen LogP contribution is -2.60. The van der Waals surface area contributed by atoms with Crippen molar-refractivity contribution in [2.45, 2.75) is 44.1 Å². The highest BCUT2D eigenvalue weighted by Gasteiger charge is 2.37. The molecule has 0 aromatic rings. The van der Waals surface area contributed by atoms with Crippen LogP contribution < -0.4 is 5.32 Å². The monoisotopic (exact) mass is 228 g/mol. The van der Waals surface area contributed by atoms with Crippen molar-refractivity contribution in [2.75, 3.05) is 26.2 Å². The molecule has 92 valence electrons. The number of rotatable bonds is 2. The Morgan fingerprint density at radius 2 is 1.94 bits per heavy atom. The van der Waals surface area contributed by atoms with E-state index < -0.39 is 6.36 Å². The number of fused-ring (bicyclic) bond motifs is 3. The van der Waals surface area contributed by atoms with Crippen LogP contribution in [0.25, 0.3) is 0 Å². The molecule has 4 aliphatic heterocycles. The summed E-state index contributed by atoms with van der Waals surface area (Å²) in [5.41, 5.74) is 0. The van der Waals surface area contributed by atoms with E-state index in [-0.39, 0.29) is 6.04 Å². The molecule has 0 aromatic heterocycles. The van der Waals surface area contributed by atoms with Crippen molar-refractivity contribution in [3.63, 3.8) is 0 Å². The van der Waals surface area contributed by atoms with Crippen molar-refractivity contribution >= 4 is 0 Å². The molecule has 2 bridgehead atoms. The lowest BCUT2D eigenvalue weighted by atomic mass is 9.83. The third-order valence-electron chi connectivity index (χ3n) is 4.34. The molecule has 0 spiro atoms. The summed E-state index contributed by atoms with van der Waals surface area (Å²) in [6, 6.07) is 0.423. The second-order valence-corrected chi connectivity index (χ2v) is 5.38. The van der Waals surface area contributed by atoms with Crippen LogP contribution in [0.15, 0.2) is 0 Å². The highest BCUT2D eigenvalue weighted by Crippen LogP contribution is 2.29. The SMILES string of the molecule is FC1OCCCC1NC1CN2CCC1CC2. The predicted octanol–water partition coefficient (Wildman–Crippen LogP) is 1.14. The van der Waals surface area contributed by atoms with E-state index in [0.717, 1.165) is 25.3 Å². The first-order valence-corrected chi connectivity index (χ1v) is 6.57. The van der Waals surface area contributed by atoms with Crippen molar-refractivity contribution < 1.29 is 9.13 Å². The largest absolute Gasteiger partial charge is 0.347 e. The number of nitrogens with zero attached hydrogens (tertiary/aromatic N) is 1. The van der Waals surface area contributed by atoms with E-state index in [1.807, 2.05) is 0 Å². The molecule has 0 aromatic carbocycles. The Kier molecular flexibility index (Phi) is 3.14. The summed E-state index contributed by atoms with van der Waals surface area (Å²) in [7, 11) is 0. The Morgan fingerprint density at radius 1 is 1.12 bits per heavy atom. The molecule has 0 saturated carbocycles. The van der Waals surface area contributed by atoms with Crippen LogP contribution in [0, 0.1) is 5.92 Å². The van der Waals surface area contributed by atoms with Gasteiger partial charge in [0.2, 0.25) is 6.36 Å².